The van der Waals surface area contributed by atoms with Gasteiger partial charge in [0.05, 0.1) is 0 Å². The van der Waals surface area contributed by atoms with E-state index >= 15 is 0 Å². The second-order valence-corrected chi connectivity index (χ2v) is 3.79. The van der Waals surface area contributed by atoms with Crippen LogP contribution >= 0.6 is 0 Å². The highest BCUT2D eigenvalue weighted by Crippen LogP contribution is 2.23. The standard InChI is InChI=1S/C11H9N5O2/c1-6-2-4-7(5-3-6)10-13-11(17-16-10)8-9(12)15-18-14-8/h2-5H,1H3,(H2,12,15). The summed E-state index contributed by atoms with van der Waals surface area (Å²) in [5.74, 6) is 0.769. The molecule has 3 rings (SSSR count). The van der Waals surface area contributed by atoms with Crippen LogP contribution in [0.15, 0.2) is 33.4 Å². The predicted molar refractivity (Wildman–Crippen MR) is 62.2 cm³/mol. The van der Waals surface area contributed by atoms with Gasteiger partial charge in [-0.25, -0.2) is 4.63 Å². The Balaban J connectivity index is 1.99. The molecule has 0 amide bonds. The van der Waals surface area contributed by atoms with E-state index < -0.39 is 0 Å². The van der Waals surface area contributed by atoms with Crippen LogP contribution in [0.1, 0.15) is 5.56 Å². The van der Waals surface area contributed by atoms with Crippen molar-refractivity contribution in [2.45, 2.75) is 6.92 Å². The summed E-state index contributed by atoms with van der Waals surface area (Å²) in [6.07, 6.45) is 0. The fourth-order valence-electron chi connectivity index (χ4n) is 1.48. The van der Waals surface area contributed by atoms with Crippen molar-refractivity contribution < 1.29 is 9.15 Å². The van der Waals surface area contributed by atoms with E-state index in [0.717, 1.165) is 11.1 Å². The number of nitrogen functional groups attached to an aromatic ring is 1. The van der Waals surface area contributed by atoms with Gasteiger partial charge < -0.3 is 10.3 Å². The molecule has 0 aliphatic rings. The molecule has 0 fully saturated rings. The molecular formula is C11H9N5O2. The number of nitrogens with zero attached hydrogens (tertiary/aromatic N) is 4. The van der Waals surface area contributed by atoms with Crippen LogP contribution in [0.3, 0.4) is 0 Å². The molecule has 3 aromatic rings. The van der Waals surface area contributed by atoms with E-state index in [-0.39, 0.29) is 17.4 Å². The fraction of sp³-hybridized carbons (Fsp3) is 0.0909. The van der Waals surface area contributed by atoms with Crippen molar-refractivity contribution in [2.24, 2.45) is 0 Å². The molecule has 0 radical (unpaired) electrons. The van der Waals surface area contributed by atoms with Gasteiger partial charge >= 0.3 is 0 Å². The lowest BCUT2D eigenvalue weighted by Crippen LogP contribution is -1.88. The maximum atomic E-state index is 5.55. The molecule has 2 heterocycles. The van der Waals surface area contributed by atoms with Gasteiger partial charge in [-0.1, -0.05) is 35.0 Å². The molecule has 7 nitrogen and oxygen atoms in total. The van der Waals surface area contributed by atoms with Crippen LogP contribution in [0.25, 0.3) is 23.0 Å². The maximum absolute atomic E-state index is 5.55. The van der Waals surface area contributed by atoms with Crippen molar-refractivity contribution in [3.05, 3.63) is 29.8 Å². The third-order valence-electron chi connectivity index (χ3n) is 2.45. The lowest BCUT2D eigenvalue weighted by molar-refractivity contribution is 0.308. The molecule has 0 aliphatic carbocycles. The Kier molecular flexibility index (Phi) is 2.30. The average molecular weight is 243 g/mol. The zero-order valence-corrected chi connectivity index (χ0v) is 9.49. The molecule has 0 spiro atoms. The number of nitrogens with two attached hydrogens (primary N) is 1. The molecule has 18 heavy (non-hydrogen) atoms. The normalized spacial score (nSPS) is 10.7. The summed E-state index contributed by atoms with van der Waals surface area (Å²) in [6.45, 7) is 2.01. The van der Waals surface area contributed by atoms with Gasteiger partial charge in [0.15, 0.2) is 0 Å². The Morgan fingerprint density at radius 2 is 1.83 bits per heavy atom. The minimum atomic E-state index is 0.120. The zero-order valence-electron chi connectivity index (χ0n) is 9.49. The first-order chi connectivity index (χ1) is 8.74. The fourth-order valence-corrected chi connectivity index (χ4v) is 1.48. The molecule has 0 unspecified atom stereocenters. The number of aryl methyl sites for hydroxylation is 1. The molecule has 0 saturated heterocycles. The van der Waals surface area contributed by atoms with Gasteiger partial charge in [-0.2, -0.15) is 4.98 Å². The zero-order chi connectivity index (χ0) is 12.5. The van der Waals surface area contributed by atoms with Gasteiger partial charge in [0.2, 0.25) is 17.3 Å². The molecule has 0 saturated carbocycles. The van der Waals surface area contributed by atoms with E-state index in [4.69, 9.17) is 10.3 Å². The molecule has 2 N–H and O–H groups in total. The molecule has 0 atom stereocenters. The van der Waals surface area contributed by atoms with Crippen molar-refractivity contribution >= 4 is 5.82 Å². The Bertz CT molecular complexity index is 671. The quantitative estimate of drug-likeness (QED) is 0.729. The largest absolute Gasteiger partial charge is 0.379 e. The topological polar surface area (TPSA) is 104 Å². The summed E-state index contributed by atoms with van der Waals surface area (Å²) < 4.78 is 9.55. The lowest BCUT2D eigenvalue weighted by atomic mass is 10.1. The summed E-state index contributed by atoms with van der Waals surface area (Å²) in [5.41, 5.74) is 7.81. The smallest absolute Gasteiger partial charge is 0.284 e. The van der Waals surface area contributed by atoms with Crippen molar-refractivity contribution in [1.29, 1.82) is 0 Å². The number of hydrogen-bond donors (Lipinski definition) is 1. The van der Waals surface area contributed by atoms with Crippen LogP contribution in [0.4, 0.5) is 5.82 Å². The number of rotatable bonds is 2. The molecule has 0 bridgehead atoms. The highest BCUT2D eigenvalue weighted by Gasteiger charge is 2.17. The van der Waals surface area contributed by atoms with E-state index in [9.17, 15) is 0 Å². The Morgan fingerprint density at radius 1 is 1.06 bits per heavy atom. The summed E-state index contributed by atoms with van der Waals surface area (Å²) in [4.78, 5) is 4.19. The van der Waals surface area contributed by atoms with Crippen molar-refractivity contribution in [2.75, 3.05) is 5.73 Å². The third-order valence-corrected chi connectivity index (χ3v) is 2.45. The monoisotopic (exact) mass is 243 g/mol. The minimum Gasteiger partial charge on any atom is -0.379 e. The van der Waals surface area contributed by atoms with Crippen molar-refractivity contribution in [3.63, 3.8) is 0 Å². The van der Waals surface area contributed by atoms with Crippen LogP contribution in [-0.2, 0) is 0 Å². The van der Waals surface area contributed by atoms with Crippen LogP contribution in [-0.4, -0.2) is 20.5 Å². The SMILES string of the molecule is Cc1ccc(-c2noc(-c3nonc3N)n2)cc1. The van der Waals surface area contributed by atoms with E-state index in [1.54, 1.807) is 0 Å². The molecule has 90 valence electrons. The first kappa shape index (κ1) is 10.5. The summed E-state index contributed by atoms with van der Waals surface area (Å²) in [6, 6.07) is 7.76. The van der Waals surface area contributed by atoms with E-state index in [0.29, 0.717) is 5.82 Å². The molecule has 2 aromatic heterocycles. The van der Waals surface area contributed by atoms with Gasteiger partial charge in [-0.05, 0) is 17.2 Å². The van der Waals surface area contributed by atoms with Gasteiger partial charge in [-0.3, -0.25) is 0 Å². The number of hydrogen-bond acceptors (Lipinski definition) is 7. The van der Waals surface area contributed by atoms with E-state index in [1.807, 2.05) is 31.2 Å². The second kappa shape index (κ2) is 3.95. The Hall–Kier alpha value is -2.70. The average Bonchev–Trinajstić information content (AvgIpc) is 2.98. The van der Waals surface area contributed by atoms with Crippen LogP contribution in [0.2, 0.25) is 0 Å². The van der Waals surface area contributed by atoms with Gasteiger partial charge in [-0.15, -0.1) is 0 Å². The van der Waals surface area contributed by atoms with E-state index in [1.165, 1.54) is 0 Å². The first-order valence-electron chi connectivity index (χ1n) is 5.23. The highest BCUT2D eigenvalue weighted by atomic mass is 16.6. The lowest BCUT2D eigenvalue weighted by Gasteiger charge is -1.94. The molecular weight excluding hydrogens is 234 g/mol. The van der Waals surface area contributed by atoms with Crippen molar-refractivity contribution in [3.8, 4) is 23.0 Å². The summed E-state index contributed by atoms with van der Waals surface area (Å²) >= 11 is 0. The minimum absolute atomic E-state index is 0.120. The predicted octanol–water partition coefficient (Wildman–Crippen LogP) is 1.68. The maximum Gasteiger partial charge on any atom is 0.284 e. The molecule has 7 heteroatoms. The first-order valence-corrected chi connectivity index (χ1v) is 5.23. The second-order valence-electron chi connectivity index (χ2n) is 3.79. The van der Waals surface area contributed by atoms with Crippen LogP contribution < -0.4 is 5.73 Å². The number of aromatic nitrogens is 4. The Morgan fingerprint density at radius 3 is 2.50 bits per heavy atom. The van der Waals surface area contributed by atoms with Gasteiger partial charge in [0.25, 0.3) is 5.89 Å². The summed E-state index contributed by atoms with van der Waals surface area (Å²) in [7, 11) is 0. The Labute approximate surface area is 102 Å². The van der Waals surface area contributed by atoms with Crippen molar-refractivity contribution in [1.82, 2.24) is 20.5 Å². The van der Waals surface area contributed by atoms with Crippen LogP contribution in [0, 0.1) is 6.92 Å². The summed E-state index contributed by atoms with van der Waals surface area (Å²) in [5, 5.41) is 10.9. The van der Waals surface area contributed by atoms with Gasteiger partial charge in [0.1, 0.15) is 0 Å². The molecule has 1 aromatic carbocycles. The molecule has 0 aliphatic heterocycles. The number of benzene rings is 1. The third kappa shape index (κ3) is 1.71. The van der Waals surface area contributed by atoms with E-state index in [2.05, 4.69) is 25.1 Å². The highest BCUT2D eigenvalue weighted by molar-refractivity contribution is 5.63. The van der Waals surface area contributed by atoms with Crippen LogP contribution in [0.5, 0.6) is 0 Å². The van der Waals surface area contributed by atoms with Gasteiger partial charge in [0, 0.05) is 5.56 Å². The number of anilines is 1.